The van der Waals surface area contributed by atoms with E-state index in [1.807, 2.05) is 42.5 Å². The predicted molar refractivity (Wildman–Crippen MR) is 113 cm³/mol. The minimum atomic E-state index is -3.56. The Labute approximate surface area is 170 Å². The molecule has 0 aliphatic carbocycles. The smallest absolute Gasteiger partial charge is 0.243 e. The van der Waals surface area contributed by atoms with Gasteiger partial charge < -0.3 is 4.74 Å². The summed E-state index contributed by atoms with van der Waals surface area (Å²) in [5, 5.41) is 2.19. The van der Waals surface area contributed by atoms with Gasteiger partial charge in [-0.25, -0.2) is 8.42 Å². The largest absolute Gasteiger partial charge is 0.379 e. The van der Waals surface area contributed by atoms with Crippen LogP contribution in [0, 0.1) is 0 Å². The lowest BCUT2D eigenvalue weighted by Crippen LogP contribution is -2.40. The molecule has 0 radical (unpaired) electrons. The van der Waals surface area contributed by atoms with E-state index in [1.165, 1.54) is 22.5 Å². The molecule has 6 heteroatoms. The topological polar surface area (TPSA) is 63.7 Å². The van der Waals surface area contributed by atoms with E-state index in [4.69, 9.17) is 4.74 Å². The van der Waals surface area contributed by atoms with Crippen LogP contribution in [-0.2, 0) is 14.8 Å². The number of rotatable bonds is 5. The van der Waals surface area contributed by atoms with Gasteiger partial charge >= 0.3 is 0 Å². The van der Waals surface area contributed by atoms with Gasteiger partial charge in [0.15, 0.2) is 5.78 Å². The molecule has 1 saturated heterocycles. The third-order valence-corrected chi connectivity index (χ3v) is 6.90. The van der Waals surface area contributed by atoms with Gasteiger partial charge in [-0.05, 0) is 46.7 Å². The molecule has 0 N–H and O–H groups in total. The van der Waals surface area contributed by atoms with Gasteiger partial charge in [-0.2, -0.15) is 4.31 Å². The standard InChI is InChI=1S/C23H21NO4S/c25-23(13-10-19-6-3-5-18-4-1-2-7-22(18)19)20-8-11-21(12-9-20)29(26,27)24-14-16-28-17-15-24/h1-13H,14-17H2/b13-10+. The molecule has 148 valence electrons. The highest BCUT2D eigenvalue weighted by atomic mass is 32.2. The van der Waals surface area contributed by atoms with Crippen LogP contribution in [0.1, 0.15) is 15.9 Å². The summed E-state index contributed by atoms with van der Waals surface area (Å²) in [5.74, 6) is -0.173. The summed E-state index contributed by atoms with van der Waals surface area (Å²) in [5.41, 5.74) is 1.41. The van der Waals surface area contributed by atoms with Crippen LogP contribution in [0.25, 0.3) is 16.8 Å². The number of hydrogen-bond acceptors (Lipinski definition) is 4. The van der Waals surface area contributed by atoms with Crippen molar-refractivity contribution in [2.75, 3.05) is 26.3 Å². The normalized spacial score (nSPS) is 15.7. The lowest BCUT2D eigenvalue weighted by Gasteiger charge is -2.26. The van der Waals surface area contributed by atoms with Crippen molar-refractivity contribution in [2.24, 2.45) is 0 Å². The van der Waals surface area contributed by atoms with Crippen LogP contribution in [0.3, 0.4) is 0 Å². The van der Waals surface area contributed by atoms with Crippen LogP contribution in [-0.4, -0.2) is 44.8 Å². The maximum atomic E-state index is 12.7. The maximum absolute atomic E-state index is 12.7. The summed E-state index contributed by atoms with van der Waals surface area (Å²) < 4.78 is 32.0. The number of allylic oxidation sites excluding steroid dienone is 1. The number of carbonyl (C=O) groups is 1. The summed E-state index contributed by atoms with van der Waals surface area (Å²) in [6.45, 7) is 1.48. The molecule has 0 spiro atoms. The molecule has 1 aliphatic heterocycles. The lowest BCUT2D eigenvalue weighted by atomic mass is 10.0. The number of fused-ring (bicyclic) bond motifs is 1. The van der Waals surface area contributed by atoms with E-state index >= 15 is 0 Å². The predicted octanol–water partition coefficient (Wildman–Crippen LogP) is 3.76. The van der Waals surface area contributed by atoms with E-state index in [0.29, 0.717) is 31.9 Å². The minimum Gasteiger partial charge on any atom is -0.379 e. The molecule has 0 bridgehead atoms. The van der Waals surface area contributed by atoms with E-state index in [9.17, 15) is 13.2 Å². The van der Waals surface area contributed by atoms with Gasteiger partial charge in [-0.1, -0.05) is 48.5 Å². The first kappa shape index (κ1) is 19.5. The molecule has 29 heavy (non-hydrogen) atoms. The van der Waals surface area contributed by atoms with Crippen LogP contribution in [0.15, 0.2) is 77.7 Å². The van der Waals surface area contributed by atoms with Crippen molar-refractivity contribution in [3.8, 4) is 0 Å². The third kappa shape index (κ3) is 4.15. The van der Waals surface area contributed by atoms with E-state index in [0.717, 1.165) is 16.3 Å². The molecular weight excluding hydrogens is 386 g/mol. The molecule has 3 aromatic rings. The van der Waals surface area contributed by atoms with E-state index in [2.05, 4.69) is 0 Å². The fraction of sp³-hybridized carbons (Fsp3) is 0.174. The number of sulfonamides is 1. The van der Waals surface area contributed by atoms with Gasteiger partial charge in [0.25, 0.3) is 0 Å². The van der Waals surface area contributed by atoms with Crippen molar-refractivity contribution in [3.05, 3.63) is 83.9 Å². The Morgan fingerprint density at radius 2 is 1.59 bits per heavy atom. The number of morpholine rings is 1. The molecule has 0 saturated carbocycles. The SMILES string of the molecule is O=C(/C=C/c1cccc2ccccc12)c1ccc(S(=O)(=O)N2CCOCC2)cc1. The van der Waals surface area contributed by atoms with Gasteiger partial charge in [0, 0.05) is 18.7 Å². The van der Waals surface area contributed by atoms with Crippen LogP contribution in [0.5, 0.6) is 0 Å². The first-order valence-corrected chi connectivity index (χ1v) is 10.9. The Bertz CT molecular complexity index is 1160. The minimum absolute atomic E-state index is 0.173. The Balaban J connectivity index is 1.53. The first-order valence-electron chi connectivity index (χ1n) is 9.44. The van der Waals surface area contributed by atoms with Gasteiger partial charge in [0.2, 0.25) is 10.0 Å². The lowest BCUT2D eigenvalue weighted by molar-refractivity contribution is 0.0730. The highest BCUT2D eigenvalue weighted by molar-refractivity contribution is 7.89. The second kappa shape index (κ2) is 8.29. The number of carbonyl (C=O) groups excluding carboxylic acids is 1. The van der Waals surface area contributed by atoms with Crippen LogP contribution in [0.2, 0.25) is 0 Å². The van der Waals surface area contributed by atoms with Crippen molar-refractivity contribution in [3.63, 3.8) is 0 Å². The van der Waals surface area contributed by atoms with Gasteiger partial charge in [0.05, 0.1) is 18.1 Å². The van der Waals surface area contributed by atoms with E-state index < -0.39 is 10.0 Å². The average molecular weight is 407 g/mol. The molecule has 1 fully saturated rings. The number of ether oxygens (including phenoxy) is 1. The molecule has 3 aromatic carbocycles. The maximum Gasteiger partial charge on any atom is 0.243 e. The average Bonchev–Trinajstić information content (AvgIpc) is 2.78. The van der Waals surface area contributed by atoms with Crippen LogP contribution < -0.4 is 0 Å². The van der Waals surface area contributed by atoms with Crippen molar-refractivity contribution in [2.45, 2.75) is 4.90 Å². The van der Waals surface area contributed by atoms with Crippen molar-refractivity contribution in [1.29, 1.82) is 0 Å². The molecule has 0 unspecified atom stereocenters. The summed E-state index contributed by atoms with van der Waals surface area (Å²) in [4.78, 5) is 12.7. The van der Waals surface area contributed by atoms with Gasteiger partial charge in [-0.3, -0.25) is 4.79 Å². The zero-order valence-corrected chi connectivity index (χ0v) is 16.6. The van der Waals surface area contributed by atoms with E-state index in [1.54, 1.807) is 18.2 Å². The number of nitrogens with zero attached hydrogens (tertiary/aromatic N) is 1. The number of benzene rings is 3. The van der Waals surface area contributed by atoms with Crippen molar-refractivity contribution in [1.82, 2.24) is 4.31 Å². The molecule has 5 nitrogen and oxygen atoms in total. The molecule has 0 atom stereocenters. The fourth-order valence-corrected chi connectivity index (χ4v) is 4.79. The second-order valence-corrected chi connectivity index (χ2v) is 8.74. The number of hydrogen-bond donors (Lipinski definition) is 0. The summed E-state index contributed by atoms with van der Waals surface area (Å²) >= 11 is 0. The Morgan fingerprint density at radius 1 is 0.897 bits per heavy atom. The molecule has 1 heterocycles. The molecule has 1 aliphatic rings. The van der Waals surface area contributed by atoms with E-state index in [-0.39, 0.29) is 10.7 Å². The zero-order valence-electron chi connectivity index (χ0n) is 15.8. The van der Waals surface area contributed by atoms with Crippen LogP contribution >= 0.6 is 0 Å². The molecular formula is C23H21NO4S. The Morgan fingerprint density at radius 3 is 2.34 bits per heavy atom. The van der Waals surface area contributed by atoms with Gasteiger partial charge in [-0.15, -0.1) is 0 Å². The second-order valence-electron chi connectivity index (χ2n) is 6.81. The van der Waals surface area contributed by atoms with Crippen LogP contribution in [0.4, 0.5) is 0 Å². The summed E-state index contributed by atoms with van der Waals surface area (Å²) in [7, 11) is -3.56. The molecule has 0 amide bonds. The van der Waals surface area contributed by atoms with Crippen molar-refractivity contribution >= 4 is 32.7 Å². The Kier molecular flexibility index (Phi) is 5.58. The quantitative estimate of drug-likeness (QED) is 0.477. The monoisotopic (exact) mass is 407 g/mol. The summed E-state index contributed by atoms with van der Waals surface area (Å²) in [6.07, 6.45) is 3.32. The zero-order chi connectivity index (χ0) is 20.3. The van der Waals surface area contributed by atoms with Gasteiger partial charge in [0.1, 0.15) is 0 Å². The fourth-order valence-electron chi connectivity index (χ4n) is 3.38. The van der Waals surface area contributed by atoms with Crippen molar-refractivity contribution < 1.29 is 17.9 Å². The molecule has 4 rings (SSSR count). The number of ketones is 1. The first-order chi connectivity index (χ1) is 14.1. The third-order valence-electron chi connectivity index (χ3n) is 4.98. The highest BCUT2D eigenvalue weighted by Gasteiger charge is 2.26. The highest BCUT2D eigenvalue weighted by Crippen LogP contribution is 2.21. The Hall–Kier alpha value is -2.80. The summed E-state index contributed by atoms with van der Waals surface area (Å²) in [6, 6.07) is 20.0. The molecule has 0 aromatic heterocycles.